The molecule has 1 aliphatic rings. The Morgan fingerprint density at radius 3 is 2.71 bits per heavy atom. The number of methoxy groups -OCH3 is 1. The molecule has 4 nitrogen and oxygen atoms in total. The van der Waals surface area contributed by atoms with Gasteiger partial charge in [0.15, 0.2) is 0 Å². The van der Waals surface area contributed by atoms with Crippen molar-refractivity contribution in [3.63, 3.8) is 0 Å². The Labute approximate surface area is 128 Å². The van der Waals surface area contributed by atoms with Crippen LogP contribution < -0.4 is 4.90 Å². The number of aryl methyl sites for hydroxylation is 2. The standard InChI is InChI=1S/C17H27NO3/c1-15-5-6-17(18-7-10-21-11-8-18)16(14-15)4-3-9-20-13-12-19-2/h5-6,14H,3-4,7-13H2,1-2H3. The largest absolute Gasteiger partial charge is 0.382 e. The van der Waals surface area contributed by atoms with Crippen molar-refractivity contribution in [2.75, 3.05) is 58.1 Å². The van der Waals surface area contributed by atoms with E-state index in [-0.39, 0.29) is 0 Å². The third-order valence-electron chi connectivity index (χ3n) is 3.75. The van der Waals surface area contributed by atoms with Crippen LogP contribution >= 0.6 is 0 Å². The van der Waals surface area contributed by atoms with Crippen molar-refractivity contribution in [2.24, 2.45) is 0 Å². The molecule has 1 saturated heterocycles. The van der Waals surface area contributed by atoms with Crippen molar-refractivity contribution < 1.29 is 14.2 Å². The molecule has 0 N–H and O–H groups in total. The Morgan fingerprint density at radius 1 is 1.14 bits per heavy atom. The zero-order valence-corrected chi connectivity index (χ0v) is 13.3. The van der Waals surface area contributed by atoms with Gasteiger partial charge in [-0.25, -0.2) is 0 Å². The first-order chi connectivity index (χ1) is 10.3. The Hall–Kier alpha value is -1.10. The maximum absolute atomic E-state index is 5.55. The summed E-state index contributed by atoms with van der Waals surface area (Å²) in [5.74, 6) is 0. The van der Waals surface area contributed by atoms with E-state index in [1.807, 2.05) is 0 Å². The van der Waals surface area contributed by atoms with Crippen LogP contribution in [0.5, 0.6) is 0 Å². The number of morpholine rings is 1. The van der Waals surface area contributed by atoms with Gasteiger partial charge in [-0.3, -0.25) is 0 Å². The molecule has 1 heterocycles. The van der Waals surface area contributed by atoms with E-state index in [1.165, 1.54) is 16.8 Å². The summed E-state index contributed by atoms with van der Waals surface area (Å²) in [5.41, 5.74) is 4.11. The minimum absolute atomic E-state index is 0.670. The van der Waals surface area contributed by atoms with E-state index in [9.17, 15) is 0 Å². The Kier molecular flexibility index (Phi) is 7.00. The fraction of sp³-hybridized carbons (Fsp3) is 0.647. The van der Waals surface area contributed by atoms with Crippen LogP contribution in [0.15, 0.2) is 18.2 Å². The Balaban J connectivity index is 1.89. The van der Waals surface area contributed by atoms with Gasteiger partial charge in [-0.05, 0) is 31.4 Å². The predicted molar refractivity (Wildman–Crippen MR) is 85.2 cm³/mol. The van der Waals surface area contributed by atoms with Crippen molar-refractivity contribution in [1.82, 2.24) is 0 Å². The summed E-state index contributed by atoms with van der Waals surface area (Å²) in [6.45, 7) is 7.92. The Morgan fingerprint density at radius 2 is 1.95 bits per heavy atom. The molecule has 0 saturated carbocycles. The first-order valence-electron chi connectivity index (χ1n) is 7.80. The van der Waals surface area contributed by atoms with Gasteiger partial charge in [0.1, 0.15) is 0 Å². The second kappa shape index (κ2) is 9.03. The van der Waals surface area contributed by atoms with Gasteiger partial charge in [0, 0.05) is 32.5 Å². The molecule has 0 amide bonds. The summed E-state index contributed by atoms with van der Waals surface area (Å²) in [6.07, 6.45) is 2.10. The fourth-order valence-corrected chi connectivity index (χ4v) is 2.64. The molecular weight excluding hydrogens is 266 g/mol. The molecule has 0 aliphatic carbocycles. The molecule has 1 aromatic rings. The van der Waals surface area contributed by atoms with Crippen molar-refractivity contribution in [3.8, 4) is 0 Å². The summed E-state index contributed by atoms with van der Waals surface area (Å²) < 4.78 is 16.0. The number of hydrogen-bond donors (Lipinski definition) is 0. The maximum Gasteiger partial charge on any atom is 0.0700 e. The highest BCUT2D eigenvalue weighted by molar-refractivity contribution is 5.55. The molecule has 21 heavy (non-hydrogen) atoms. The lowest BCUT2D eigenvalue weighted by Crippen LogP contribution is -2.36. The van der Waals surface area contributed by atoms with E-state index in [1.54, 1.807) is 7.11 Å². The zero-order valence-electron chi connectivity index (χ0n) is 13.3. The van der Waals surface area contributed by atoms with E-state index < -0.39 is 0 Å². The molecule has 118 valence electrons. The molecule has 0 radical (unpaired) electrons. The van der Waals surface area contributed by atoms with Crippen molar-refractivity contribution in [1.29, 1.82) is 0 Å². The number of anilines is 1. The smallest absolute Gasteiger partial charge is 0.0700 e. The lowest BCUT2D eigenvalue weighted by Gasteiger charge is -2.31. The average molecular weight is 293 g/mol. The molecular formula is C17H27NO3. The topological polar surface area (TPSA) is 30.9 Å². The van der Waals surface area contributed by atoms with Crippen molar-refractivity contribution in [2.45, 2.75) is 19.8 Å². The summed E-state index contributed by atoms with van der Waals surface area (Å²) in [5, 5.41) is 0. The summed E-state index contributed by atoms with van der Waals surface area (Å²) in [6, 6.07) is 6.76. The summed E-state index contributed by atoms with van der Waals surface area (Å²) in [7, 11) is 1.70. The molecule has 1 fully saturated rings. The molecule has 0 atom stereocenters. The quantitative estimate of drug-likeness (QED) is 0.689. The molecule has 2 rings (SSSR count). The van der Waals surface area contributed by atoms with Crippen LogP contribution in [0.2, 0.25) is 0 Å². The number of nitrogens with zero attached hydrogens (tertiary/aromatic N) is 1. The van der Waals surface area contributed by atoms with Crippen molar-refractivity contribution in [3.05, 3.63) is 29.3 Å². The molecule has 4 heteroatoms. The molecule has 0 aromatic heterocycles. The van der Waals surface area contributed by atoms with Crippen LogP contribution in [0.4, 0.5) is 5.69 Å². The van der Waals surface area contributed by atoms with Crippen LogP contribution in [0.25, 0.3) is 0 Å². The Bertz CT molecular complexity index is 416. The maximum atomic E-state index is 5.55. The van der Waals surface area contributed by atoms with Gasteiger partial charge in [-0.1, -0.05) is 17.7 Å². The molecule has 0 bridgehead atoms. The highest BCUT2D eigenvalue weighted by Crippen LogP contribution is 2.24. The van der Waals surface area contributed by atoms with Crippen LogP contribution in [0.1, 0.15) is 17.5 Å². The van der Waals surface area contributed by atoms with Gasteiger partial charge >= 0.3 is 0 Å². The first-order valence-corrected chi connectivity index (χ1v) is 7.80. The lowest BCUT2D eigenvalue weighted by molar-refractivity contribution is 0.0695. The normalized spacial score (nSPS) is 15.4. The highest BCUT2D eigenvalue weighted by Gasteiger charge is 2.14. The minimum Gasteiger partial charge on any atom is -0.382 e. The monoisotopic (exact) mass is 293 g/mol. The van der Waals surface area contributed by atoms with E-state index in [2.05, 4.69) is 30.0 Å². The summed E-state index contributed by atoms with van der Waals surface area (Å²) >= 11 is 0. The number of ether oxygens (including phenoxy) is 3. The van der Waals surface area contributed by atoms with Gasteiger partial charge in [-0.2, -0.15) is 0 Å². The third kappa shape index (κ3) is 5.30. The number of rotatable bonds is 8. The van der Waals surface area contributed by atoms with Crippen LogP contribution in [0.3, 0.4) is 0 Å². The highest BCUT2D eigenvalue weighted by atomic mass is 16.5. The predicted octanol–water partition coefficient (Wildman–Crippen LogP) is 2.43. The molecule has 1 aromatic carbocycles. The average Bonchev–Trinajstić information content (AvgIpc) is 2.52. The second-order valence-corrected chi connectivity index (χ2v) is 5.44. The second-order valence-electron chi connectivity index (χ2n) is 5.44. The van der Waals surface area contributed by atoms with E-state index in [0.717, 1.165) is 45.8 Å². The number of benzene rings is 1. The van der Waals surface area contributed by atoms with Crippen LogP contribution in [0, 0.1) is 6.92 Å². The third-order valence-corrected chi connectivity index (χ3v) is 3.75. The fourth-order valence-electron chi connectivity index (χ4n) is 2.64. The van der Waals surface area contributed by atoms with Crippen LogP contribution in [-0.2, 0) is 20.6 Å². The molecule has 1 aliphatic heterocycles. The summed E-state index contributed by atoms with van der Waals surface area (Å²) in [4.78, 5) is 2.43. The van der Waals surface area contributed by atoms with Gasteiger partial charge in [0.2, 0.25) is 0 Å². The molecule has 0 unspecified atom stereocenters. The first kappa shape index (κ1) is 16.3. The van der Waals surface area contributed by atoms with Gasteiger partial charge in [-0.15, -0.1) is 0 Å². The van der Waals surface area contributed by atoms with Gasteiger partial charge < -0.3 is 19.1 Å². The lowest BCUT2D eigenvalue weighted by atomic mass is 10.0. The van der Waals surface area contributed by atoms with E-state index >= 15 is 0 Å². The zero-order chi connectivity index (χ0) is 14.9. The SMILES string of the molecule is COCCOCCCc1cc(C)ccc1N1CCOCC1. The van der Waals surface area contributed by atoms with Gasteiger partial charge in [0.05, 0.1) is 26.4 Å². The van der Waals surface area contributed by atoms with Crippen LogP contribution in [-0.4, -0.2) is 53.2 Å². The van der Waals surface area contributed by atoms with E-state index in [0.29, 0.717) is 13.2 Å². The van der Waals surface area contributed by atoms with E-state index in [4.69, 9.17) is 14.2 Å². The van der Waals surface area contributed by atoms with Gasteiger partial charge in [0.25, 0.3) is 0 Å². The minimum atomic E-state index is 0.670. The number of hydrogen-bond acceptors (Lipinski definition) is 4. The molecule has 0 spiro atoms. The van der Waals surface area contributed by atoms with Crippen molar-refractivity contribution >= 4 is 5.69 Å².